The van der Waals surface area contributed by atoms with Crippen molar-refractivity contribution in [3.8, 4) is 0 Å². The van der Waals surface area contributed by atoms with Crippen molar-refractivity contribution in [1.29, 1.82) is 0 Å². The fraction of sp³-hybridized carbons (Fsp3) is 1.00. The van der Waals surface area contributed by atoms with Gasteiger partial charge in [0.15, 0.2) is 0 Å². The Hall–Kier alpha value is 0.704. The van der Waals surface area contributed by atoms with Crippen LogP contribution in [0.25, 0.3) is 0 Å². The minimum atomic E-state index is -1.93. The Morgan fingerprint density at radius 3 is 1.60 bits per heavy atom. The van der Waals surface area contributed by atoms with Gasteiger partial charge in [-0.15, -0.1) is 0 Å². The summed E-state index contributed by atoms with van der Waals surface area (Å²) in [6.45, 7) is 15.5. The van der Waals surface area contributed by atoms with Crippen LogP contribution in [0.1, 0.15) is 47.5 Å². The van der Waals surface area contributed by atoms with E-state index in [1.807, 2.05) is 0 Å². The van der Waals surface area contributed by atoms with Gasteiger partial charge in [-0.3, -0.25) is 0 Å². The maximum atomic E-state index is 6.12. The molecule has 0 rings (SSSR count). The summed E-state index contributed by atoms with van der Waals surface area (Å²) in [4.78, 5) is 0. The molecular formula is C15H36O2SSi2. The van der Waals surface area contributed by atoms with Crippen molar-refractivity contribution in [1.82, 2.24) is 0 Å². The SMILES string of the molecule is CCCO[Si](C)(CCS[Si](CC)(CC)CC)OCCC. The van der Waals surface area contributed by atoms with Crippen molar-refractivity contribution in [2.75, 3.05) is 19.0 Å². The Morgan fingerprint density at radius 2 is 1.25 bits per heavy atom. The van der Waals surface area contributed by atoms with E-state index < -0.39 is 15.8 Å². The smallest absolute Gasteiger partial charge is 0.335 e. The van der Waals surface area contributed by atoms with E-state index >= 15 is 0 Å². The van der Waals surface area contributed by atoms with Crippen LogP contribution in [0, 0.1) is 0 Å². The molecule has 0 atom stereocenters. The highest BCUT2D eigenvalue weighted by Crippen LogP contribution is 2.34. The molecule has 0 saturated heterocycles. The maximum Gasteiger partial charge on any atom is 0.335 e. The van der Waals surface area contributed by atoms with Gasteiger partial charge in [0.2, 0.25) is 0 Å². The number of hydrogen-bond donors (Lipinski definition) is 0. The fourth-order valence-corrected chi connectivity index (χ4v) is 12.5. The Bertz CT molecular complexity index is 220. The Morgan fingerprint density at radius 1 is 0.800 bits per heavy atom. The average molecular weight is 337 g/mol. The molecule has 0 amide bonds. The average Bonchev–Trinajstić information content (AvgIpc) is 2.48. The zero-order valence-corrected chi connectivity index (χ0v) is 17.4. The first-order valence-corrected chi connectivity index (χ1v) is 15.3. The molecule has 0 aromatic rings. The summed E-state index contributed by atoms with van der Waals surface area (Å²) in [5.74, 6) is 1.23. The molecule has 0 radical (unpaired) electrons. The third-order valence-electron chi connectivity index (χ3n) is 4.12. The predicted molar refractivity (Wildman–Crippen MR) is 98.6 cm³/mol. The highest BCUT2D eigenvalue weighted by Gasteiger charge is 2.33. The first-order chi connectivity index (χ1) is 9.51. The van der Waals surface area contributed by atoms with Gasteiger partial charge in [-0.2, -0.15) is 11.2 Å². The summed E-state index contributed by atoms with van der Waals surface area (Å²) in [7, 11) is -2.98. The molecule has 0 aromatic carbocycles. The summed E-state index contributed by atoms with van der Waals surface area (Å²) in [6.07, 6.45) is 2.17. The standard InChI is InChI=1S/C15H36O2SSi2/c1-7-12-16-19(6,17-13-8-2)15-14-18-20(9-3,10-4)11-5/h7-15H2,1-6H3. The van der Waals surface area contributed by atoms with Crippen LogP contribution in [0.15, 0.2) is 0 Å². The van der Waals surface area contributed by atoms with Crippen molar-refractivity contribution in [2.45, 2.75) is 78.2 Å². The Labute approximate surface area is 133 Å². The normalized spacial score (nSPS) is 12.9. The van der Waals surface area contributed by atoms with Crippen molar-refractivity contribution >= 4 is 27.0 Å². The second kappa shape index (κ2) is 11.3. The van der Waals surface area contributed by atoms with Gasteiger partial charge in [-0.1, -0.05) is 52.8 Å². The van der Waals surface area contributed by atoms with Gasteiger partial charge in [-0.25, -0.2) is 0 Å². The van der Waals surface area contributed by atoms with Crippen molar-refractivity contribution in [3.63, 3.8) is 0 Å². The van der Waals surface area contributed by atoms with E-state index in [1.54, 1.807) is 0 Å². The zero-order valence-electron chi connectivity index (χ0n) is 14.6. The lowest BCUT2D eigenvalue weighted by molar-refractivity contribution is 0.174. The van der Waals surface area contributed by atoms with Gasteiger partial charge < -0.3 is 8.85 Å². The topological polar surface area (TPSA) is 18.5 Å². The van der Waals surface area contributed by atoms with E-state index in [0.717, 1.165) is 32.1 Å². The van der Waals surface area contributed by atoms with Gasteiger partial charge in [0.1, 0.15) is 7.22 Å². The van der Waals surface area contributed by atoms with E-state index in [2.05, 4.69) is 52.4 Å². The van der Waals surface area contributed by atoms with Crippen LogP contribution in [0.3, 0.4) is 0 Å². The summed E-state index contributed by atoms with van der Waals surface area (Å²) in [5.41, 5.74) is 0. The van der Waals surface area contributed by atoms with Crippen molar-refractivity contribution in [2.24, 2.45) is 0 Å². The van der Waals surface area contributed by atoms with Gasteiger partial charge >= 0.3 is 8.56 Å². The maximum absolute atomic E-state index is 6.12. The largest absolute Gasteiger partial charge is 0.394 e. The second-order valence-electron chi connectivity index (χ2n) is 5.67. The van der Waals surface area contributed by atoms with Gasteiger partial charge in [0.25, 0.3) is 0 Å². The van der Waals surface area contributed by atoms with E-state index in [1.165, 1.54) is 23.9 Å². The first-order valence-electron chi connectivity index (χ1n) is 8.43. The third-order valence-corrected chi connectivity index (χ3v) is 17.2. The molecule has 20 heavy (non-hydrogen) atoms. The minimum absolute atomic E-state index is 0.856. The van der Waals surface area contributed by atoms with Crippen LogP contribution >= 0.6 is 11.2 Å². The summed E-state index contributed by atoms with van der Waals surface area (Å²) >= 11 is 2.28. The lowest BCUT2D eigenvalue weighted by Gasteiger charge is -2.31. The van der Waals surface area contributed by atoms with Crippen LogP contribution in [-0.4, -0.2) is 34.8 Å². The van der Waals surface area contributed by atoms with Crippen molar-refractivity contribution in [3.05, 3.63) is 0 Å². The lowest BCUT2D eigenvalue weighted by Crippen LogP contribution is -2.40. The number of rotatable bonds is 13. The predicted octanol–water partition coefficient (Wildman–Crippen LogP) is 5.65. The molecule has 0 bridgehead atoms. The van der Waals surface area contributed by atoms with E-state index in [0.29, 0.717) is 0 Å². The minimum Gasteiger partial charge on any atom is -0.394 e. The molecule has 0 heterocycles. The summed E-state index contributed by atoms with van der Waals surface area (Å²) < 4.78 is 12.2. The number of hydrogen-bond acceptors (Lipinski definition) is 3. The molecule has 0 N–H and O–H groups in total. The zero-order chi connectivity index (χ0) is 15.5. The first kappa shape index (κ1) is 20.7. The lowest BCUT2D eigenvalue weighted by atomic mass is 10.5. The van der Waals surface area contributed by atoms with Gasteiger partial charge in [0, 0.05) is 13.2 Å². The third kappa shape index (κ3) is 7.64. The van der Waals surface area contributed by atoms with Gasteiger partial charge in [-0.05, 0) is 31.2 Å². The molecule has 0 unspecified atom stereocenters. The second-order valence-corrected chi connectivity index (χ2v) is 17.7. The van der Waals surface area contributed by atoms with E-state index in [-0.39, 0.29) is 0 Å². The molecule has 5 heteroatoms. The molecular weight excluding hydrogens is 300 g/mol. The molecule has 0 aromatic heterocycles. The molecule has 0 aliphatic rings. The van der Waals surface area contributed by atoms with E-state index in [4.69, 9.17) is 8.85 Å². The molecule has 0 aliphatic heterocycles. The molecule has 0 saturated carbocycles. The highest BCUT2D eigenvalue weighted by molar-refractivity contribution is 8.29. The molecule has 122 valence electrons. The van der Waals surface area contributed by atoms with Crippen LogP contribution < -0.4 is 0 Å². The monoisotopic (exact) mass is 336 g/mol. The van der Waals surface area contributed by atoms with Crippen LogP contribution in [0.2, 0.25) is 30.7 Å². The van der Waals surface area contributed by atoms with Crippen LogP contribution in [-0.2, 0) is 8.85 Å². The highest BCUT2D eigenvalue weighted by atomic mass is 32.4. The van der Waals surface area contributed by atoms with Crippen molar-refractivity contribution < 1.29 is 8.85 Å². The fourth-order valence-electron chi connectivity index (χ4n) is 2.33. The molecule has 0 aliphatic carbocycles. The van der Waals surface area contributed by atoms with Crippen LogP contribution in [0.5, 0.6) is 0 Å². The van der Waals surface area contributed by atoms with Gasteiger partial charge in [0.05, 0.1) is 0 Å². The quantitative estimate of drug-likeness (QED) is 0.405. The summed E-state index contributed by atoms with van der Waals surface area (Å²) in [6, 6.07) is 5.34. The summed E-state index contributed by atoms with van der Waals surface area (Å²) in [5, 5.41) is 0. The Balaban J connectivity index is 4.36. The Kier molecular flexibility index (Phi) is 11.7. The molecule has 0 fully saturated rings. The van der Waals surface area contributed by atoms with E-state index in [9.17, 15) is 0 Å². The molecule has 0 spiro atoms. The molecule has 2 nitrogen and oxygen atoms in total. The van der Waals surface area contributed by atoms with Crippen LogP contribution in [0.4, 0.5) is 0 Å².